The lowest BCUT2D eigenvalue weighted by Crippen LogP contribution is -2.51. The third kappa shape index (κ3) is 3.40. The Hall–Kier alpha value is -2.82. The normalized spacial score (nSPS) is 16.0. The van der Waals surface area contributed by atoms with Crippen LogP contribution in [0.4, 0.5) is 0 Å². The number of fused-ring (bicyclic) bond motifs is 1. The number of benzene rings is 2. The summed E-state index contributed by atoms with van der Waals surface area (Å²) in [6.45, 7) is 0.493. The van der Waals surface area contributed by atoms with E-state index >= 15 is 0 Å². The monoisotopic (exact) mass is 324 g/mol. The van der Waals surface area contributed by atoms with E-state index in [2.05, 4.69) is 10.6 Å². The van der Waals surface area contributed by atoms with Gasteiger partial charge in [-0.3, -0.25) is 9.59 Å². The predicted octanol–water partition coefficient (Wildman–Crippen LogP) is 1.71. The van der Waals surface area contributed by atoms with Crippen LogP contribution in [0.1, 0.15) is 21.5 Å². The molecule has 1 aliphatic heterocycles. The average Bonchev–Trinajstić information content (AvgIpc) is 2.62. The largest absolute Gasteiger partial charge is 0.496 e. The number of nitrogens with one attached hydrogen (secondary N) is 2. The van der Waals surface area contributed by atoms with Crippen molar-refractivity contribution in [2.24, 2.45) is 0 Å². The van der Waals surface area contributed by atoms with E-state index in [9.17, 15) is 9.59 Å². The Balaban J connectivity index is 1.57. The van der Waals surface area contributed by atoms with Gasteiger partial charge < -0.3 is 15.4 Å². The summed E-state index contributed by atoms with van der Waals surface area (Å²) in [5.41, 5.74) is 2.60. The summed E-state index contributed by atoms with van der Waals surface area (Å²) < 4.78 is 5.30. The topological polar surface area (TPSA) is 67.4 Å². The molecule has 2 aromatic rings. The van der Waals surface area contributed by atoms with E-state index in [1.165, 1.54) is 0 Å². The first-order valence-electron chi connectivity index (χ1n) is 7.97. The summed E-state index contributed by atoms with van der Waals surface area (Å²) in [7, 11) is 1.63. The summed E-state index contributed by atoms with van der Waals surface area (Å²) in [5.74, 6) is 0.459. The van der Waals surface area contributed by atoms with Gasteiger partial charge in [0.2, 0.25) is 5.91 Å². The molecule has 124 valence electrons. The van der Waals surface area contributed by atoms with Crippen LogP contribution in [0.2, 0.25) is 0 Å². The van der Waals surface area contributed by atoms with E-state index in [4.69, 9.17) is 4.74 Å². The Morgan fingerprint density at radius 3 is 2.79 bits per heavy atom. The minimum Gasteiger partial charge on any atom is -0.496 e. The molecule has 24 heavy (non-hydrogen) atoms. The molecule has 2 aromatic carbocycles. The van der Waals surface area contributed by atoms with Crippen LogP contribution >= 0.6 is 0 Å². The molecule has 0 saturated heterocycles. The van der Waals surface area contributed by atoms with Crippen LogP contribution in [0.15, 0.2) is 48.5 Å². The molecule has 0 fully saturated rings. The summed E-state index contributed by atoms with van der Waals surface area (Å²) in [6.07, 6.45) is 1.19. The molecule has 3 rings (SSSR count). The molecule has 0 saturated carbocycles. The molecule has 0 spiro atoms. The fourth-order valence-corrected chi connectivity index (χ4v) is 2.94. The first-order valence-corrected chi connectivity index (χ1v) is 7.97. The molecule has 1 atom stereocenters. The van der Waals surface area contributed by atoms with Crippen LogP contribution in [0, 0.1) is 0 Å². The van der Waals surface area contributed by atoms with Crippen molar-refractivity contribution >= 4 is 11.8 Å². The number of methoxy groups -OCH3 is 1. The van der Waals surface area contributed by atoms with Gasteiger partial charge in [-0.25, -0.2) is 0 Å². The van der Waals surface area contributed by atoms with Gasteiger partial charge in [-0.15, -0.1) is 0 Å². The minimum absolute atomic E-state index is 0.159. The predicted molar refractivity (Wildman–Crippen MR) is 91.1 cm³/mol. The second-order valence-corrected chi connectivity index (χ2v) is 5.74. The molecule has 0 radical (unpaired) electrons. The maximum Gasteiger partial charge on any atom is 0.252 e. The Morgan fingerprint density at radius 2 is 1.96 bits per heavy atom. The Labute approximate surface area is 141 Å². The van der Waals surface area contributed by atoms with Crippen molar-refractivity contribution in [2.45, 2.75) is 18.9 Å². The molecule has 5 heteroatoms. The van der Waals surface area contributed by atoms with E-state index in [-0.39, 0.29) is 11.8 Å². The third-order valence-corrected chi connectivity index (χ3v) is 4.19. The summed E-state index contributed by atoms with van der Waals surface area (Å²) >= 11 is 0. The van der Waals surface area contributed by atoms with Gasteiger partial charge in [0, 0.05) is 18.5 Å². The molecular formula is C19H20N2O3. The lowest BCUT2D eigenvalue weighted by atomic mass is 9.95. The summed E-state index contributed by atoms with van der Waals surface area (Å²) in [6, 6.07) is 14.6. The highest BCUT2D eigenvalue weighted by molar-refractivity contribution is 6.00. The molecule has 1 unspecified atom stereocenters. The van der Waals surface area contributed by atoms with Gasteiger partial charge in [-0.1, -0.05) is 36.4 Å². The molecule has 2 N–H and O–H groups in total. The highest BCUT2D eigenvalue weighted by Gasteiger charge is 2.28. The van der Waals surface area contributed by atoms with Crippen LogP contribution in [0.25, 0.3) is 0 Å². The first-order chi connectivity index (χ1) is 11.7. The average molecular weight is 324 g/mol. The second kappa shape index (κ2) is 7.17. The van der Waals surface area contributed by atoms with E-state index in [1.54, 1.807) is 13.2 Å². The van der Waals surface area contributed by atoms with Crippen molar-refractivity contribution in [3.63, 3.8) is 0 Å². The molecule has 1 aliphatic rings. The zero-order chi connectivity index (χ0) is 16.9. The van der Waals surface area contributed by atoms with Crippen LogP contribution in [-0.4, -0.2) is 31.5 Å². The Bertz CT molecular complexity index is 758. The van der Waals surface area contributed by atoms with Crippen molar-refractivity contribution < 1.29 is 14.3 Å². The van der Waals surface area contributed by atoms with E-state index in [0.29, 0.717) is 24.9 Å². The van der Waals surface area contributed by atoms with Gasteiger partial charge >= 0.3 is 0 Å². The van der Waals surface area contributed by atoms with Gasteiger partial charge in [0.1, 0.15) is 11.8 Å². The molecule has 0 aromatic heterocycles. The smallest absolute Gasteiger partial charge is 0.252 e. The number of carbonyl (C=O) groups is 2. The molecular weight excluding hydrogens is 304 g/mol. The van der Waals surface area contributed by atoms with Crippen molar-refractivity contribution in [3.05, 3.63) is 65.2 Å². The standard InChI is InChI=1S/C19H20N2O3/c1-24-17-9-5-3-6-13(17)10-11-20-19(23)16-12-14-7-2-4-8-15(14)18(22)21-16/h2-9,16H,10-12H2,1H3,(H,20,23)(H,21,22). The fourth-order valence-electron chi connectivity index (χ4n) is 2.94. The van der Waals surface area contributed by atoms with Crippen molar-refractivity contribution in [1.29, 1.82) is 0 Å². The van der Waals surface area contributed by atoms with Gasteiger partial charge in [-0.2, -0.15) is 0 Å². The number of para-hydroxylation sites is 1. The molecule has 5 nitrogen and oxygen atoms in total. The lowest BCUT2D eigenvalue weighted by Gasteiger charge is -2.24. The zero-order valence-corrected chi connectivity index (χ0v) is 13.5. The fraction of sp³-hybridized carbons (Fsp3) is 0.263. The highest BCUT2D eigenvalue weighted by Crippen LogP contribution is 2.18. The van der Waals surface area contributed by atoms with E-state index < -0.39 is 6.04 Å². The van der Waals surface area contributed by atoms with Gasteiger partial charge in [0.15, 0.2) is 0 Å². The molecule has 0 aliphatic carbocycles. The summed E-state index contributed by atoms with van der Waals surface area (Å²) in [4.78, 5) is 24.4. The van der Waals surface area contributed by atoms with Gasteiger partial charge in [0.05, 0.1) is 7.11 Å². The Kier molecular flexibility index (Phi) is 4.79. The number of carbonyl (C=O) groups excluding carboxylic acids is 2. The van der Waals surface area contributed by atoms with Crippen molar-refractivity contribution in [1.82, 2.24) is 10.6 Å². The zero-order valence-electron chi connectivity index (χ0n) is 13.5. The quantitative estimate of drug-likeness (QED) is 0.880. The Morgan fingerprint density at radius 1 is 1.21 bits per heavy atom. The number of hydrogen-bond acceptors (Lipinski definition) is 3. The SMILES string of the molecule is COc1ccccc1CCNC(=O)C1Cc2ccccc2C(=O)N1. The van der Waals surface area contributed by atoms with Crippen molar-refractivity contribution in [2.75, 3.05) is 13.7 Å². The van der Waals surface area contributed by atoms with Crippen LogP contribution in [0.5, 0.6) is 5.75 Å². The second-order valence-electron chi connectivity index (χ2n) is 5.74. The van der Waals surface area contributed by atoms with Crippen LogP contribution < -0.4 is 15.4 Å². The van der Waals surface area contributed by atoms with Crippen LogP contribution in [-0.2, 0) is 17.6 Å². The number of rotatable bonds is 5. The van der Waals surface area contributed by atoms with Gasteiger partial charge in [-0.05, 0) is 29.7 Å². The first kappa shape index (κ1) is 16.1. The molecule has 1 heterocycles. The van der Waals surface area contributed by atoms with E-state index in [0.717, 1.165) is 16.9 Å². The molecule has 0 bridgehead atoms. The maximum absolute atomic E-state index is 12.3. The van der Waals surface area contributed by atoms with Gasteiger partial charge in [0.25, 0.3) is 5.91 Å². The summed E-state index contributed by atoms with van der Waals surface area (Å²) in [5, 5.41) is 5.66. The number of amides is 2. The lowest BCUT2D eigenvalue weighted by molar-refractivity contribution is -0.123. The number of ether oxygens (including phenoxy) is 1. The number of hydrogen-bond donors (Lipinski definition) is 2. The van der Waals surface area contributed by atoms with Crippen LogP contribution in [0.3, 0.4) is 0 Å². The van der Waals surface area contributed by atoms with E-state index in [1.807, 2.05) is 42.5 Å². The minimum atomic E-state index is -0.523. The molecule has 2 amide bonds. The highest BCUT2D eigenvalue weighted by atomic mass is 16.5. The third-order valence-electron chi connectivity index (χ3n) is 4.19. The maximum atomic E-state index is 12.3. The van der Waals surface area contributed by atoms with Crippen molar-refractivity contribution in [3.8, 4) is 5.75 Å².